The summed E-state index contributed by atoms with van der Waals surface area (Å²) >= 11 is 0. The Labute approximate surface area is 69.4 Å². The number of hydrogen-bond acceptors (Lipinski definition) is 2. The van der Waals surface area contributed by atoms with Crippen LogP contribution in [-0.4, -0.2) is 25.0 Å². The van der Waals surface area contributed by atoms with Gasteiger partial charge in [0.2, 0.25) is 0 Å². The molecule has 0 aliphatic heterocycles. The molecule has 64 valence electrons. The Morgan fingerprint density at radius 2 is 1.91 bits per heavy atom. The van der Waals surface area contributed by atoms with Gasteiger partial charge in [0.05, 0.1) is 5.71 Å². The third-order valence-electron chi connectivity index (χ3n) is 1.29. The molecule has 0 fully saturated rings. The van der Waals surface area contributed by atoms with E-state index in [4.69, 9.17) is 0 Å². The first-order chi connectivity index (χ1) is 5.35. The standard InChI is InChI=1S/C9H18N2/c1-4-7-9(11-6-3)8-10-5-2/h8H,4-7H2,1-3H3. The van der Waals surface area contributed by atoms with Gasteiger partial charge >= 0.3 is 0 Å². The quantitative estimate of drug-likeness (QED) is 0.543. The summed E-state index contributed by atoms with van der Waals surface area (Å²) in [6.45, 7) is 7.96. The Kier molecular flexibility index (Phi) is 7.00. The first-order valence-corrected chi connectivity index (χ1v) is 4.38. The summed E-state index contributed by atoms with van der Waals surface area (Å²) in [6, 6.07) is 0. The van der Waals surface area contributed by atoms with Crippen LogP contribution in [0.15, 0.2) is 9.98 Å². The Bertz CT molecular complexity index is 136. The third-order valence-corrected chi connectivity index (χ3v) is 1.29. The minimum absolute atomic E-state index is 0.854. The molecule has 2 heteroatoms. The van der Waals surface area contributed by atoms with Gasteiger partial charge in [-0.15, -0.1) is 0 Å². The third kappa shape index (κ3) is 5.77. The zero-order valence-corrected chi connectivity index (χ0v) is 7.80. The monoisotopic (exact) mass is 154 g/mol. The summed E-state index contributed by atoms with van der Waals surface area (Å²) in [5.41, 5.74) is 1.14. The maximum Gasteiger partial charge on any atom is 0.0526 e. The smallest absolute Gasteiger partial charge is 0.0526 e. The van der Waals surface area contributed by atoms with Crippen LogP contribution in [0, 0.1) is 0 Å². The number of hydrogen-bond donors (Lipinski definition) is 0. The summed E-state index contributed by atoms with van der Waals surface area (Å²) in [5, 5.41) is 0. The van der Waals surface area contributed by atoms with E-state index in [9.17, 15) is 0 Å². The van der Waals surface area contributed by atoms with Crippen LogP contribution in [0.25, 0.3) is 0 Å². The second kappa shape index (κ2) is 7.45. The van der Waals surface area contributed by atoms with Gasteiger partial charge in [0.25, 0.3) is 0 Å². The van der Waals surface area contributed by atoms with Gasteiger partial charge in [0.1, 0.15) is 0 Å². The lowest BCUT2D eigenvalue weighted by Gasteiger charge is -1.95. The van der Waals surface area contributed by atoms with Crippen molar-refractivity contribution in [1.82, 2.24) is 0 Å². The molecule has 0 amide bonds. The average Bonchev–Trinajstić information content (AvgIpc) is 2.01. The summed E-state index contributed by atoms with van der Waals surface area (Å²) in [5.74, 6) is 0. The minimum atomic E-state index is 0.854. The van der Waals surface area contributed by atoms with Crippen molar-refractivity contribution in [2.45, 2.75) is 33.6 Å². The number of rotatable bonds is 5. The molecule has 0 aromatic rings. The van der Waals surface area contributed by atoms with Crippen molar-refractivity contribution in [1.29, 1.82) is 0 Å². The van der Waals surface area contributed by atoms with Crippen molar-refractivity contribution in [2.24, 2.45) is 9.98 Å². The second-order valence-electron chi connectivity index (χ2n) is 2.34. The van der Waals surface area contributed by atoms with E-state index in [2.05, 4.69) is 23.8 Å². The number of aliphatic imine (C=N–C) groups is 2. The Morgan fingerprint density at radius 1 is 1.18 bits per heavy atom. The molecule has 2 nitrogen and oxygen atoms in total. The molecule has 11 heavy (non-hydrogen) atoms. The fraction of sp³-hybridized carbons (Fsp3) is 0.778. The summed E-state index contributed by atoms with van der Waals surface area (Å²) in [6.07, 6.45) is 4.10. The van der Waals surface area contributed by atoms with Crippen LogP contribution in [0.1, 0.15) is 33.6 Å². The molecule has 0 saturated heterocycles. The highest BCUT2D eigenvalue weighted by Crippen LogP contribution is 1.90. The Balaban J connectivity index is 3.88. The average molecular weight is 154 g/mol. The lowest BCUT2D eigenvalue weighted by atomic mass is 10.2. The van der Waals surface area contributed by atoms with Crippen LogP contribution in [0.3, 0.4) is 0 Å². The molecule has 0 aromatic heterocycles. The van der Waals surface area contributed by atoms with E-state index in [1.165, 1.54) is 0 Å². The van der Waals surface area contributed by atoms with Gasteiger partial charge < -0.3 is 0 Å². The second-order valence-corrected chi connectivity index (χ2v) is 2.34. The van der Waals surface area contributed by atoms with Crippen LogP contribution in [0.5, 0.6) is 0 Å². The van der Waals surface area contributed by atoms with Gasteiger partial charge in [-0.1, -0.05) is 13.3 Å². The minimum Gasteiger partial charge on any atom is -0.292 e. The zero-order valence-electron chi connectivity index (χ0n) is 7.80. The molecule has 0 N–H and O–H groups in total. The highest BCUT2D eigenvalue weighted by Gasteiger charge is 1.90. The number of nitrogens with zero attached hydrogens (tertiary/aromatic N) is 2. The van der Waals surface area contributed by atoms with Crippen molar-refractivity contribution < 1.29 is 0 Å². The molecular formula is C9H18N2. The highest BCUT2D eigenvalue weighted by atomic mass is 14.8. The molecule has 0 atom stereocenters. The van der Waals surface area contributed by atoms with Gasteiger partial charge in [-0.2, -0.15) is 0 Å². The van der Waals surface area contributed by atoms with E-state index >= 15 is 0 Å². The molecule has 0 unspecified atom stereocenters. The van der Waals surface area contributed by atoms with Crippen molar-refractivity contribution in [3.8, 4) is 0 Å². The normalized spacial score (nSPS) is 12.8. The van der Waals surface area contributed by atoms with Crippen LogP contribution in [0.4, 0.5) is 0 Å². The molecule has 0 saturated carbocycles. The van der Waals surface area contributed by atoms with Gasteiger partial charge in [-0.3, -0.25) is 9.98 Å². The largest absolute Gasteiger partial charge is 0.292 e. The molecule has 0 heterocycles. The molecular weight excluding hydrogens is 136 g/mol. The maximum atomic E-state index is 4.32. The maximum absolute atomic E-state index is 4.32. The molecule has 0 aromatic carbocycles. The lowest BCUT2D eigenvalue weighted by Crippen LogP contribution is -2.00. The van der Waals surface area contributed by atoms with Crippen molar-refractivity contribution in [2.75, 3.05) is 13.1 Å². The topological polar surface area (TPSA) is 24.7 Å². The van der Waals surface area contributed by atoms with E-state index in [1.54, 1.807) is 0 Å². The van der Waals surface area contributed by atoms with E-state index in [-0.39, 0.29) is 0 Å². The fourth-order valence-corrected chi connectivity index (χ4v) is 0.840. The van der Waals surface area contributed by atoms with Gasteiger partial charge in [-0.25, -0.2) is 0 Å². The predicted octanol–water partition coefficient (Wildman–Crippen LogP) is 2.34. The van der Waals surface area contributed by atoms with E-state index in [0.717, 1.165) is 31.6 Å². The van der Waals surface area contributed by atoms with E-state index in [1.807, 2.05) is 13.1 Å². The fourth-order valence-electron chi connectivity index (χ4n) is 0.840. The van der Waals surface area contributed by atoms with Gasteiger partial charge in [0.15, 0.2) is 0 Å². The van der Waals surface area contributed by atoms with Crippen LogP contribution in [-0.2, 0) is 0 Å². The molecule has 0 aliphatic rings. The first-order valence-electron chi connectivity index (χ1n) is 4.38. The van der Waals surface area contributed by atoms with E-state index < -0.39 is 0 Å². The van der Waals surface area contributed by atoms with Crippen molar-refractivity contribution >= 4 is 11.9 Å². The SMILES string of the molecule is CCCC(C=NCC)=NCC. The predicted molar refractivity (Wildman–Crippen MR) is 51.9 cm³/mol. The van der Waals surface area contributed by atoms with Crippen LogP contribution < -0.4 is 0 Å². The van der Waals surface area contributed by atoms with Crippen molar-refractivity contribution in [3.63, 3.8) is 0 Å². The van der Waals surface area contributed by atoms with Crippen LogP contribution in [0.2, 0.25) is 0 Å². The summed E-state index contributed by atoms with van der Waals surface area (Å²) in [7, 11) is 0. The lowest BCUT2D eigenvalue weighted by molar-refractivity contribution is 0.984. The summed E-state index contributed by atoms with van der Waals surface area (Å²) in [4.78, 5) is 8.47. The first kappa shape index (κ1) is 10.3. The van der Waals surface area contributed by atoms with Gasteiger partial charge in [-0.05, 0) is 20.3 Å². The van der Waals surface area contributed by atoms with E-state index in [0.29, 0.717) is 0 Å². The van der Waals surface area contributed by atoms with Crippen molar-refractivity contribution in [3.05, 3.63) is 0 Å². The molecule has 0 aliphatic carbocycles. The Morgan fingerprint density at radius 3 is 2.36 bits per heavy atom. The Hall–Kier alpha value is -0.660. The molecule has 0 rings (SSSR count). The van der Waals surface area contributed by atoms with Gasteiger partial charge in [0, 0.05) is 19.3 Å². The zero-order chi connectivity index (χ0) is 8.53. The van der Waals surface area contributed by atoms with Crippen LogP contribution >= 0.6 is 0 Å². The molecule has 0 radical (unpaired) electrons. The molecule has 0 spiro atoms. The summed E-state index contributed by atoms with van der Waals surface area (Å²) < 4.78 is 0. The molecule has 0 bridgehead atoms. The highest BCUT2D eigenvalue weighted by molar-refractivity contribution is 6.30.